The van der Waals surface area contributed by atoms with E-state index in [0.29, 0.717) is 54.5 Å². The number of thioether (sulfide) groups is 1. The molecule has 0 bridgehead atoms. The van der Waals surface area contributed by atoms with E-state index in [2.05, 4.69) is 10.2 Å². The number of hydrogen-bond donors (Lipinski definition) is 0. The third-order valence-corrected chi connectivity index (χ3v) is 7.63. The molecule has 7 nitrogen and oxygen atoms in total. The standard InChI is InChI=1S/C26H17Cl4FN4O3S/c1-36-21-5-3-13(7-22(21)37-2)8-23-25(15-10-19(31)17(29)11-16(15)28)34-35-24(32-33-26(35)39-23)12-38-20-6-4-14(27)9-18(20)30/h3-11H,12H2,1-2H3/b23-8-. The molecule has 1 aromatic heterocycles. The van der Waals surface area contributed by atoms with Crippen molar-refractivity contribution in [2.75, 3.05) is 14.2 Å². The van der Waals surface area contributed by atoms with Crippen LogP contribution in [0, 0.1) is 5.82 Å². The maximum absolute atomic E-state index is 14.6. The van der Waals surface area contributed by atoms with Gasteiger partial charge in [-0.15, -0.1) is 10.2 Å². The molecule has 0 aliphatic carbocycles. The van der Waals surface area contributed by atoms with Crippen LogP contribution < -0.4 is 14.2 Å². The number of benzene rings is 3. The van der Waals surface area contributed by atoms with Gasteiger partial charge in [-0.05, 0) is 65.9 Å². The second-order valence-corrected chi connectivity index (χ2v) is 10.7. The first-order valence-corrected chi connectivity index (χ1v) is 13.5. The molecule has 0 saturated heterocycles. The van der Waals surface area contributed by atoms with Gasteiger partial charge in [0.15, 0.2) is 17.3 Å². The van der Waals surface area contributed by atoms with Crippen molar-refractivity contribution in [3.63, 3.8) is 0 Å². The van der Waals surface area contributed by atoms with Crippen molar-refractivity contribution >= 4 is 70.0 Å². The fraction of sp³-hybridized carbons (Fsp3) is 0.115. The van der Waals surface area contributed by atoms with Crippen LogP contribution in [0.3, 0.4) is 0 Å². The van der Waals surface area contributed by atoms with Gasteiger partial charge in [0.05, 0.1) is 29.3 Å². The minimum Gasteiger partial charge on any atom is -0.493 e. The predicted octanol–water partition coefficient (Wildman–Crippen LogP) is 8.03. The molecule has 0 fully saturated rings. The van der Waals surface area contributed by atoms with Gasteiger partial charge in [-0.1, -0.05) is 52.5 Å². The lowest BCUT2D eigenvalue weighted by Gasteiger charge is -2.19. The predicted molar refractivity (Wildman–Crippen MR) is 153 cm³/mol. The fourth-order valence-electron chi connectivity index (χ4n) is 3.66. The summed E-state index contributed by atoms with van der Waals surface area (Å²) in [6, 6.07) is 12.9. The Hall–Kier alpha value is -2.95. The third-order valence-electron chi connectivity index (χ3n) is 5.53. The molecule has 3 aromatic carbocycles. The summed E-state index contributed by atoms with van der Waals surface area (Å²) in [6.07, 6.45) is 1.86. The highest BCUT2D eigenvalue weighted by Crippen LogP contribution is 2.39. The summed E-state index contributed by atoms with van der Waals surface area (Å²) < 4.78 is 32.7. The number of ether oxygens (including phenoxy) is 3. The van der Waals surface area contributed by atoms with Crippen LogP contribution in [0.15, 0.2) is 63.7 Å². The van der Waals surface area contributed by atoms with Crippen molar-refractivity contribution in [2.24, 2.45) is 5.10 Å². The van der Waals surface area contributed by atoms with Crippen LogP contribution in [-0.2, 0) is 6.61 Å². The third kappa shape index (κ3) is 5.83. The molecule has 0 unspecified atom stereocenters. The van der Waals surface area contributed by atoms with Crippen molar-refractivity contribution in [1.82, 2.24) is 14.9 Å². The zero-order chi connectivity index (χ0) is 27.7. The number of rotatable bonds is 7. The second-order valence-electron chi connectivity index (χ2n) is 7.99. The molecule has 0 saturated carbocycles. The Kier molecular flexibility index (Phi) is 8.25. The number of methoxy groups -OCH3 is 2. The molecule has 4 aromatic rings. The van der Waals surface area contributed by atoms with Gasteiger partial charge in [0.1, 0.15) is 23.9 Å². The molecule has 0 spiro atoms. The summed E-state index contributed by atoms with van der Waals surface area (Å²) in [5.41, 5.74) is 1.50. The van der Waals surface area contributed by atoms with E-state index in [-0.39, 0.29) is 16.7 Å². The van der Waals surface area contributed by atoms with Crippen LogP contribution in [-0.4, -0.2) is 34.8 Å². The number of fused-ring (bicyclic) bond motifs is 1. The number of halogens is 5. The van der Waals surface area contributed by atoms with Gasteiger partial charge < -0.3 is 14.2 Å². The molecular weight excluding hydrogens is 609 g/mol. The monoisotopic (exact) mass is 624 g/mol. The molecule has 0 amide bonds. The Morgan fingerprint density at radius 3 is 2.38 bits per heavy atom. The van der Waals surface area contributed by atoms with Gasteiger partial charge in [0.25, 0.3) is 0 Å². The molecular formula is C26H17Cl4FN4O3S. The Morgan fingerprint density at radius 1 is 0.872 bits per heavy atom. The second kappa shape index (κ2) is 11.7. The first-order chi connectivity index (χ1) is 18.8. The van der Waals surface area contributed by atoms with Crippen molar-refractivity contribution in [2.45, 2.75) is 11.8 Å². The maximum Gasteiger partial charge on any atom is 0.217 e. The zero-order valence-electron chi connectivity index (χ0n) is 20.2. The Bertz CT molecular complexity index is 1640. The summed E-state index contributed by atoms with van der Waals surface area (Å²) in [7, 11) is 3.11. The largest absolute Gasteiger partial charge is 0.493 e. The molecule has 200 valence electrons. The lowest BCUT2D eigenvalue weighted by molar-refractivity contribution is 0.290. The minimum atomic E-state index is -0.635. The first kappa shape index (κ1) is 27.6. The highest BCUT2D eigenvalue weighted by molar-refractivity contribution is 8.04. The van der Waals surface area contributed by atoms with E-state index < -0.39 is 5.82 Å². The van der Waals surface area contributed by atoms with Crippen molar-refractivity contribution in [3.05, 3.63) is 96.3 Å². The van der Waals surface area contributed by atoms with E-state index in [0.717, 1.165) is 5.56 Å². The van der Waals surface area contributed by atoms with Crippen LogP contribution in [0.2, 0.25) is 20.1 Å². The average Bonchev–Trinajstić information content (AvgIpc) is 3.31. The lowest BCUT2D eigenvalue weighted by Crippen LogP contribution is -2.15. The molecule has 0 atom stereocenters. The van der Waals surface area contributed by atoms with E-state index in [1.165, 1.54) is 28.6 Å². The normalized spacial score (nSPS) is 13.7. The van der Waals surface area contributed by atoms with E-state index in [4.69, 9.17) is 65.7 Å². The summed E-state index contributed by atoms with van der Waals surface area (Å²) in [5.74, 6) is 1.30. The lowest BCUT2D eigenvalue weighted by atomic mass is 10.1. The Morgan fingerprint density at radius 2 is 1.64 bits per heavy atom. The van der Waals surface area contributed by atoms with Crippen molar-refractivity contribution in [1.29, 1.82) is 0 Å². The van der Waals surface area contributed by atoms with Gasteiger partial charge in [-0.2, -0.15) is 9.78 Å². The summed E-state index contributed by atoms with van der Waals surface area (Å²) in [6.45, 7) is 0.00310. The van der Waals surface area contributed by atoms with E-state index in [1.54, 1.807) is 38.5 Å². The SMILES string of the molecule is COc1ccc(/C=C2\Sc3nnc(COc4ccc(Cl)cc4Cl)n3N=C2c2cc(F)c(Cl)cc2Cl)cc1OC. The zero-order valence-corrected chi connectivity index (χ0v) is 24.1. The Labute approximate surface area is 247 Å². The van der Waals surface area contributed by atoms with Gasteiger partial charge in [-0.3, -0.25) is 0 Å². The summed E-state index contributed by atoms with van der Waals surface area (Å²) in [5, 5.41) is 14.7. The summed E-state index contributed by atoms with van der Waals surface area (Å²) >= 11 is 25.9. The first-order valence-electron chi connectivity index (χ1n) is 11.2. The highest BCUT2D eigenvalue weighted by atomic mass is 35.5. The van der Waals surface area contributed by atoms with Gasteiger partial charge in [0, 0.05) is 15.5 Å². The molecule has 39 heavy (non-hydrogen) atoms. The minimum absolute atomic E-state index is 0.00310. The van der Waals surface area contributed by atoms with Gasteiger partial charge >= 0.3 is 0 Å². The van der Waals surface area contributed by atoms with E-state index in [9.17, 15) is 4.39 Å². The molecule has 2 heterocycles. The van der Waals surface area contributed by atoms with Crippen LogP contribution in [0.25, 0.3) is 6.08 Å². The summed E-state index contributed by atoms with van der Waals surface area (Å²) in [4.78, 5) is 0.638. The Balaban J connectivity index is 1.57. The smallest absolute Gasteiger partial charge is 0.217 e. The fourth-order valence-corrected chi connectivity index (χ4v) is 5.55. The van der Waals surface area contributed by atoms with E-state index >= 15 is 0 Å². The number of allylic oxidation sites excluding steroid dienone is 1. The van der Waals surface area contributed by atoms with E-state index in [1.807, 2.05) is 18.2 Å². The average molecular weight is 626 g/mol. The quantitative estimate of drug-likeness (QED) is 0.194. The topological polar surface area (TPSA) is 70.8 Å². The van der Waals surface area contributed by atoms with Gasteiger partial charge in [0.2, 0.25) is 5.16 Å². The van der Waals surface area contributed by atoms with Crippen molar-refractivity contribution < 1.29 is 18.6 Å². The van der Waals surface area contributed by atoms with Crippen LogP contribution in [0.1, 0.15) is 17.0 Å². The van der Waals surface area contributed by atoms with Gasteiger partial charge in [-0.25, -0.2) is 4.39 Å². The van der Waals surface area contributed by atoms with Crippen LogP contribution >= 0.6 is 58.2 Å². The molecule has 0 radical (unpaired) electrons. The van der Waals surface area contributed by atoms with Crippen LogP contribution in [0.4, 0.5) is 4.39 Å². The highest BCUT2D eigenvalue weighted by Gasteiger charge is 2.27. The van der Waals surface area contributed by atoms with Crippen LogP contribution in [0.5, 0.6) is 17.2 Å². The molecule has 1 aliphatic heterocycles. The maximum atomic E-state index is 14.6. The molecule has 0 N–H and O–H groups in total. The number of nitrogens with zero attached hydrogens (tertiary/aromatic N) is 4. The molecule has 5 rings (SSSR count). The molecule has 13 heteroatoms. The molecule has 1 aliphatic rings. The van der Waals surface area contributed by atoms with Crippen molar-refractivity contribution in [3.8, 4) is 17.2 Å². The number of aromatic nitrogens is 3. The number of hydrogen-bond acceptors (Lipinski definition) is 7.